The lowest BCUT2D eigenvalue weighted by Crippen LogP contribution is -2.66. The van der Waals surface area contributed by atoms with Crippen molar-refractivity contribution in [1.82, 2.24) is 16.0 Å². The molecule has 23 heteroatoms. The van der Waals surface area contributed by atoms with Crippen molar-refractivity contribution in [2.24, 2.45) is 0 Å². The minimum Gasteiger partial charge on any atom is -0.460 e. The molecule has 0 spiro atoms. The number of rotatable bonds is 19. The highest BCUT2D eigenvalue weighted by molar-refractivity contribution is 5.87. The Balaban J connectivity index is 2.44. The fourth-order valence-electron chi connectivity index (χ4n) is 4.62. The molecule has 0 aromatic carbocycles. The van der Waals surface area contributed by atoms with E-state index in [1.54, 1.807) is 0 Å². The lowest BCUT2D eigenvalue weighted by molar-refractivity contribution is -0.353. The number of hydrogen-bond donors (Lipinski definition) is 8. The maximum atomic E-state index is 13.1. The zero-order valence-electron chi connectivity index (χ0n) is 30.9. The third-order valence-electron chi connectivity index (χ3n) is 7.48. The first-order valence-corrected chi connectivity index (χ1v) is 16.9. The highest BCUT2D eigenvalue weighted by Crippen LogP contribution is 2.32. The molecule has 0 aromatic rings. The van der Waals surface area contributed by atoms with Crippen molar-refractivity contribution in [3.05, 3.63) is 36.5 Å². The van der Waals surface area contributed by atoms with Crippen molar-refractivity contribution in [3.8, 4) is 0 Å². The molecule has 2 aliphatic rings. The van der Waals surface area contributed by atoms with Gasteiger partial charge in [0, 0.05) is 16.7 Å². The predicted molar refractivity (Wildman–Crippen MR) is 183 cm³/mol. The first kappa shape index (κ1) is 47.3. The van der Waals surface area contributed by atoms with Crippen molar-refractivity contribution in [3.63, 3.8) is 0 Å². The van der Waals surface area contributed by atoms with E-state index >= 15 is 0 Å². The van der Waals surface area contributed by atoms with Crippen LogP contribution in [0.1, 0.15) is 20.8 Å². The van der Waals surface area contributed by atoms with Crippen LogP contribution in [0, 0.1) is 0 Å². The van der Waals surface area contributed by atoms with Crippen LogP contribution in [0.15, 0.2) is 36.5 Å². The van der Waals surface area contributed by atoms with Crippen LogP contribution in [0.4, 0.5) is 14.4 Å². The largest absolute Gasteiger partial charge is 0.460 e. The van der Waals surface area contributed by atoms with Crippen molar-refractivity contribution in [2.45, 2.75) is 82.2 Å². The van der Waals surface area contributed by atoms with Gasteiger partial charge in [0.05, 0.1) is 32.8 Å². The minimum atomic E-state index is -2.03. The Morgan fingerprint density at radius 1 is 0.536 bits per heavy atom. The normalized spacial score (nSPS) is 27.0. The fraction of sp³-hybridized carbons (Fsp3) is 0.636. The summed E-state index contributed by atoms with van der Waals surface area (Å²) in [6.07, 6.45) is -22.5. The Morgan fingerprint density at radius 3 is 1.34 bits per heavy atom. The summed E-state index contributed by atoms with van der Waals surface area (Å²) < 4.78 is 48.0. The second-order valence-corrected chi connectivity index (χ2v) is 12.2. The summed E-state index contributed by atoms with van der Waals surface area (Å²) in [6.45, 7) is 10.6. The molecular weight excluding hydrogens is 758 g/mol. The van der Waals surface area contributed by atoms with E-state index in [1.807, 2.05) is 0 Å². The summed E-state index contributed by atoms with van der Waals surface area (Å²) in [5.41, 5.74) is 0.248. The number of aliphatic hydroxyl groups excluding tert-OH is 5. The summed E-state index contributed by atoms with van der Waals surface area (Å²) in [5.74, 6) is -2.26. The fourth-order valence-corrected chi connectivity index (χ4v) is 4.62. The molecular formula is C33H49N3O20. The monoisotopic (exact) mass is 807 g/mol. The molecule has 2 heterocycles. The lowest BCUT2D eigenvalue weighted by atomic mass is 9.96. The molecule has 56 heavy (non-hydrogen) atoms. The van der Waals surface area contributed by atoms with Crippen LogP contribution in [-0.4, -0.2) is 176 Å². The number of ether oxygens (including phenoxy) is 9. The molecule has 2 fully saturated rings. The Hall–Kier alpha value is -4.88. The summed E-state index contributed by atoms with van der Waals surface area (Å²) in [5, 5.41) is 58.1. The van der Waals surface area contributed by atoms with Crippen molar-refractivity contribution in [2.75, 3.05) is 52.7 Å². The highest BCUT2D eigenvalue weighted by atomic mass is 16.8. The second kappa shape index (κ2) is 23.2. The number of amides is 3. The van der Waals surface area contributed by atoms with Crippen LogP contribution < -0.4 is 16.0 Å². The van der Waals surface area contributed by atoms with E-state index in [9.17, 15) is 54.3 Å². The quantitative estimate of drug-likeness (QED) is 0.0282. The van der Waals surface area contributed by atoms with Gasteiger partial charge in [0.15, 0.2) is 12.4 Å². The molecule has 23 nitrogen and oxygen atoms in total. The Morgan fingerprint density at radius 2 is 0.929 bits per heavy atom. The van der Waals surface area contributed by atoms with Crippen LogP contribution in [0.5, 0.6) is 0 Å². The first-order chi connectivity index (χ1) is 26.4. The third kappa shape index (κ3) is 14.6. The van der Waals surface area contributed by atoms with Gasteiger partial charge in [-0.1, -0.05) is 19.7 Å². The minimum absolute atomic E-state index is 0.0770. The van der Waals surface area contributed by atoms with Crippen LogP contribution >= 0.6 is 0 Å². The van der Waals surface area contributed by atoms with E-state index < -0.39 is 111 Å². The van der Waals surface area contributed by atoms with Crippen molar-refractivity contribution in [1.29, 1.82) is 0 Å². The lowest BCUT2D eigenvalue weighted by Gasteiger charge is -2.47. The van der Waals surface area contributed by atoms with E-state index in [2.05, 4.69) is 35.7 Å². The molecule has 2 saturated heterocycles. The number of alkyl carbamates (subject to hydrolysis) is 3. The molecule has 0 bridgehead atoms. The molecule has 316 valence electrons. The topological polar surface area (TPSA) is 323 Å². The van der Waals surface area contributed by atoms with Crippen LogP contribution in [0.25, 0.3) is 0 Å². The summed E-state index contributed by atoms with van der Waals surface area (Å²) in [4.78, 5) is 74.2. The third-order valence-corrected chi connectivity index (χ3v) is 7.48. The highest BCUT2D eigenvalue weighted by Gasteiger charge is 2.55. The molecule has 0 aromatic heterocycles. The van der Waals surface area contributed by atoms with Crippen LogP contribution in [-0.2, 0) is 57.0 Å². The molecule has 0 radical (unpaired) electrons. The van der Waals surface area contributed by atoms with E-state index in [0.717, 1.165) is 0 Å². The summed E-state index contributed by atoms with van der Waals surface area (Å²) >= 11 is 0. The zero-order valence-corrected chi connectivity index (χ0v) is 30.9. The van der Waals surface area contributed by atoms with Gasteiger partial charge in [0.25, 0.3) is 0 Å². The number of carbonyl (C=O) groups is 6. The molecule has 10 atom stereocenters. The molecule has 2 rings (SSSR count). The maximum Gasteiger partial charge on any atom is 0.409 e. The van der Waals surface area contributed by atoms with E-state index in [-0.39, 0.29) is 56.2 Å². The van der Waals surface area contributed by atoms with Gasteiger partial charge in [-0.05, 0) is 20.8 Å². The first-order valence-electron chi connectivity index (χ1n) is 16.9. The number of carbonyl (C=O) groups excluding carboxylic acids is 6. The summed E-state index contributed by atoms with van der Waals surface area (Å²) in [7, 11) is 0. The van der Waals surface area contributed by atoms with Crippen LogP contribution in [0.2, 0.25) is 0 Å². The number of esters is 3. The van der Waals surface area contributed by atoms with Gasteiger partial charge in [-0.15, -0.1) is 0 Å². The smallest absolute Gasteiger partial charge is 0.409 e. The average molecular weight is 808 g/mol. The van der Waals surface area contributed by atoms with Crippen molar-refractivity contribution < 1.29 is 96.9 Å². The number of nitrogens with one attached hydrogen (secondary N) is 3. The number of hydrogen-bond acceptors (Lipinski definition) is 20. The van der Waals surface area contributed by atoms with E-state index in [0.29, 0.717) is 0 Å². The maximum absolute atomic E-state index is 13.1. The summed E-state index contributed by atoms with van der Waals surface area (Å²) in [6, 6.07) is 0. The van der Waals surface area contributed by atoms with Gasteiger partial charge in [-0.2, -0.15) is 0 Å². The van der Waals surface area contributed by atoms with Crippen LogP contribution in [0.3, 0.4) is 0 Å². The van der Waals surface area contributed by atoms with Gasteiger partial charge in [0.2, 0.25) is 12.4 Å². The van der Waals surface area contributed by atoms with Gasteiger partial charge in [-0.3, -0.25) is 0 Å². The molecule has 8 N–H and O–H groups in total. The van der Waals surface area contributed by atoms with Gasteiger partial charge in [0.1, 0.15) is 56.4 Å². The van der Waals surface area contributed by atoms with Crippen molar-refractivity contribution >= 4 is 36.2 Å². The SMILES string of the molecule is C=C(C)C(=O)OCCNC(=O)OC1O[C@H](CO)[C@@H](O[C@@H]2O[C@H](CO)[C@H](O)[C@H](O)[C@H]2O)[C@H](OC(=O)NCCOC(=O)C(=C)C)[C@H]1OC(=O)NCCOC(=O)C(=C)C. The van der Waals surface area contributed by atoms with Gasteiger partial charge in [-0.25, -0.2) is 28.8 Å². The Bertz CT molecular complexity index is 1420. The Labute approximate surface area is 320 Å². The molecule has 0 aliphatic carbocycles. The second-order valence-electron chi connectivity index (χ2n) is 12.2. The van der Waals surface area contributed by atoms with Gasteiger partial charge >= 0.3 is 36.2 Å². The average Bonchev–Trinajstić information content (AvgIpc) is 3.15. The molecule has 2 aliphatic heterocycles. The number of aliphatic hydroxyl groups is 5. The Kier molecular flexibility index (Phi) is 19.6. The molecule has 1 unspecified atom stereocenters. The van der Waals surface area contributed by atoms with E-state index in [4.69, 9.17) is 42.6 Å². The standard InChI is InChI=1S/C33H49N3O20/c1-15(2)26(42)48-10-7-34-31(45)54-24-23(53-29-22(41)21(40)20(39)18(13-37)51-29)19(14-38)52-30(56-33(47)36-9-12-50-28(44)17(5)6)25(24)55-32(46)35-8-11-49-27(43)16(3)4/h18-25,29-30,37-41H,1,3,5,7-14H2,2,4,6H3,(H,34,45)(H,35,46)(H,36,47)/t18-,19-,20+,21+,22-,23-,24+,25-,29+,30?/m1/s1. The zero-order chi connectivity index (χ0) is 42.1. The van der Waals surface area contributed by atoms with Gasteiger partial charge < -0.3 is 84.1 Å². The predicted octanol–water partition coefficient (Wildman–Crippen LogP) is -2.84. The molecule has 3 amide bonds. The van der Waals surface area contributed by atoms with E-state index in [1.165, 1.54) is 20.8 Å². The molecule has 0 saturated carbocycles.